The SMILES string of the molecule is CCc1nn(C)c(CC(O)CC(C)C)c1Br. The van der Waals surface area contributed by atoms with Gasteiger partial charge in [0.1, 0.15) is 0 Å². The van der Waals surface area contributed by atoms with Crippen LogP contribution in [0, 0.1) is 5.92 Å². The zero-order valence-corrected chi connectivity index (χ0v) is 12.1. The summed E-state index contributed by atoms with van der Waals surface area (Å²) in [5.41, 5.74) is 2.15. The van der Waals surface area contributed by atoms with E-state index in [2.05, 4.69) is 41.8 Å². The maximum atomic E-state index is 9.94. The molecule has 1 unspecified atom stereocenters. The topological polar surface area (TPSA) is 38.0 Å². The fourth-order valence-corrected chi connectivity index (χ4v) is 2.67. The van der Waals surface area contributed by atoms with Crippen molar-refractivity contribution in [3.05, 3.63) is 15.9 Å². The summed E-state index contributed by atoms with van der Waals surface area (Å²) >= 11 is 3.56. The maximum absolute atomic E-state index is 9.94. The third-order valence-electron chi connectivity index (χ3n) is 2.68. The molecule has 1 heterocycles. The van der Waals surface area contributed by atoms with Crippen LogP contribution < -0.4 is 0 Å². The number of aliphatic hydroxyl groups is 1. The molecule has 0 aliphatic carbocycles. The average molecular weight is 289 g/mol. The summed E-state index contributed by atoms with van der Waals surface area (Å²) in [6, 6.07) is 0. The van der Waals surface area contributed by atoms with Crippen LogP contribution in [0.4, 0.5) is 0 Å². The maximum Gasteiger partial charge on any atom is 0.0766 e. The number of aromatic nitrogens is 2. The molecule has 1 N–H and O–H groups in total. The number of nitrogens with zero attached hydrogens (tertiary/aromatic N) is 2. The molecule has 0 aliphatic heterocycles. The molecule has 0 amide bonds. The van der Waals surface area contributed by atoms with Crippen molar-refractivity contribution in [1.82, 2.24) is 9.78 Å². The highest BCUT2D eigenvalue weighted by molar-refractivity contribution is 9.10. The van der Waals surface area contributed by atoms with E-state index in [1.807, 2.05) is 11.7 Å². The molecule has 0 saturated heterocycles. The summed E-state index contributed by atoms with van der Waals surface area (Å²) < 4.78 is 2.92. The van der Waals surface area contributed by atoms with Gasteiger partial charge in [0.25, 0.3) is 0 Å². The van der Waals surface area contributed by atoms with E-state index in [4.69, 9.17) is 0 Å². The molecule has 0 spiro atoms. The van der Waals surface area contributed by atoms with Gasteiger partial charge in [0.15, 0.2) is 0 Å². The van der Waals surface area contributed by atoms with Gasteiger partial charge in [0.2, 0.25) is 0 Å². The van der Waals surface area contributed by atoms with E-state index in [0.717, 1.165) is 28.7 Å². The van der Waals surface area contributed by atoms with Gasteiger partial charge in [-0.25, -0.2) is 0 Å². The van der Waals surface area contributed by atoms with Crippen molar-refractivity contribution >= 4 is 15.9 Å². The molecule has 1 atom stereocenters. The molecule has 92 valence electrons. The van der Waals surface area contributed by atoms with Gasteiger partial charge in [-0.15, -0.1) is 0 Å². The second kappa shape index (κ2) is 5.82. The van der Waals surface area contributed by atoms with Crippen LogP contribution in [0.15, 0.2) is 4.47 Å². The number of rotatable bonds is 5. The molecule has 0 radical (unpaired) electrons. The highest BCUT2D eigenvalue weighted by atomic mass is 79.9. The van der Waals surface area contributed by atoms with Crippen molar-refractivity contribution in [2.75, 3.05) is 0 Å². The Kier molecular flexibility index (Phi) is 4.99. The van der Waals surface area contributed by atoms with Crippen molar-refractivity contribution in [2.24, 2.45) is 13.0 Å². The first kappa shape index (κ1) is 13.7. The second-order valence-electron chi connectivity index (χ2n) is 4.67. The molecule has 1 aromatic heterocycles. The van der Waals surface area contributed by atoms with Crippen LogP contribution >= 0.6 is 15.9 Å². The van der Waals surface area contributed by atoms with Crippen LogP contribution in [-0.4, -0.2) is 21.0 Å². The number of hydrogen-bond donors (Lipinski definition) is 1. The Morgan fingerprint density at radius 1 is 1.44 bits per heavy atom. The van der Waals surface area contributed by atoms with Crippen molar-refractivity contribution in [3.63, 3.8) is 0 Å². The van der Waals surface area contributed by atoms with Crippen LogP contribution in [0.2, 0.25) is 0 Å². The molecule has 0 saturated carbocycles. The average Bonchev–Trinajstić information content (AvgIpc) is 2.44. The van der Waals surface area contributed by atoms with Crippen LogP contribution in [0.1, 0.15) is 38.6 Å². The Bertz CT molecular complexity index is 347. The zero-order valence-electron chi connectivity index (χ0n) is 10.5. The third kappa shape index (κ3) is 3.32. The van der Waals surface area contributed by atoms with E-state index < -0.39 is 0 Å². The van der Waals surface area contributed by atoms with Gasteiger partial charge in [-0.1, -0.05) is 20.8 Å². The summed E-state index contributed by atoms with van der Waals surface area (Å²) in [6.45, 7) is 6.33. The lowest BCUT2D eigenvalue weighted by Crippen LogP contribution is -2.15. The van der Waals surface area contributed by atoms with Crippen molar-refractivity contribution in [2.45, 2.75) is 46.1 Å². The fourth-order valence-electron chi connectivity index (χ4n) is 1.89. The van der Waals surface area contributed by atoms with E-state index in [-0.39, 0.29) is 6.10 Å². The first-order valence-corrected chi connectivity index (χ1v) is 6.63. The molecule has 0 bridgehead atoms. The van der Waals surface area contributed by atoms with E-state index in [9.17, 15) is 5.11 Å². The number of halogens is 1. The van der Waals surface area contributed by atoms with Crippen LogP contribution in [0.5, 0.6) is 0 Å². The zero-order chi connectivity index (χ0) is 12.3. The highest BCUT2D eigenvalue weighted by Crippen LogP contribution is 2.23. The van der Waals surface area contributed by atoms with Crippen LogP contribution in [-0.2, 0) is 19.9 Å². The second-order valence-corrected chi connectivity index (χ2v) is 5.47. The summed E-state index contributed by atoms with van der Waals surface area (Å²) in [6.07, 6.45) is 2.13. The molecule has 1 aromatic rings. The lowest BCUT2D eigenvalue weighted by molar-refractivity contribution is 0.146. The van der Waals surface area contributed by atoms with Gasteiger partial charge < -0.3 is 5.11 Å². The minimum atomic E-state index is -0.281. The van der Waals surface area contributed by atoms with Gasteiger partial charge in [0.05, 0.1) is 22.0 Å². The largest absolute Gasteiger partial charge is 0.393 e. The van der Waals surface area contributed by atoms with E-state index >= 15 is 0 Å². The Labute approximate surface area is 106 Å². The first-order valence-electron chi connectivity index (χ1n) is 5.84. The van der Waals surface area contributed by atoms with Gasteiger partial charge >= 0.3 is 0 Å². The standard InChI is InChI=1S/C12H21BrN2O/c1-5-10-12(13)11(15(4)14-10)7-9(16)6-8(2)3/h8-9,16H,5-7H2,1-4H3. The molecule has 1 rings (SSSR count). The molecule has 0 aromatic carbocycles. The highest BCUT2D eigenvalue weighted by Gasteiger charge is 2.16. The van der Waals surface area contributed by atoms with Gasteiger partial charge in [-0.05, 0) is 34.7 Å². The van der Waals surface area contributed by atoms with Gasteiger partial charge in [-0.3, -0.25) is 4.68 Å². The number of aryl methyl sites for hydroxylation is 2. The first-order chi connectivity index (χ1) is 7.45. The normalized spacial score (nSPS) is 13.4. The predicted molar refractivity (Wildman–Crippen MR) is 69.5 cm³/mol. The third-order valence-corrected chi connectivity index (χ3v) is 3.59. The van der Waals surface area contributed by atoms with Crippen LogP contribution in [0.25, 0.3) is 0 Å². The Morgan fingerprint density at radius 2 is 2.06 bits per heavy atom. The Morgan fingerprint density at radius 3 is 2.50 bits per heavy atom. The summed E-state index contributed by atoms with van der Waals surface area (Å²) in [5, 5.41) is 14.4. The van der Waals surface area contributed by atoms with Gasteiger partial charge in [-0.2, -0.15) is 5.10 Å². The Hall–Kier alpha value is -0.350. The quantitative estimate of drug-likeness (QED) is 0.905. The minimum Gasteiger partial charge on any atom is -0.393 e. The number of hydrogen-bond acceptors (Lipinski definition) is 2. The molecule has 0 fully saturated rings. The lowest BCUT2D eigenvalue weighted by Gasteiger charge is -2.13. The number of aliphatic hydroxyl groups excluding tert-OH is 1. The lowest BCUT2D eigenvalue weighted by atomic mass is 10.0. The summed E-state index contributed by atoms with van der Waals surface area (Å²) in [5.74, 6) is 0.521. The fraction of sp³-hybridized carbons (Fsp3) is 0.750. The Balaban J connectivity index is 2.76. The molecule has 0 aliphatic rings. The smallest absolute Gasteiger partial charge is 0.0766 e. The van der Waals surface area contributed by atoms with E-state index in [0.29, 0.717) is 12.3 Å². The molecule has 16 heavy (non-hydrogen) atoms. The minimum absolute atomic E-state index is 0.281. The van der Waals surface area contributed by atoms with Gasteiger partial charge in [0, 0.05) is 13.5 Å². The predicted octanol–water partition coefficient (Wildman–Crippen LogP) is 2.69. The molecular formula is C12H21BrN2O. The summed E-state index contributed by atoms with van der Waals surface area (Å²) in [4.78, 5) is 0. The summed E-state index contributed by atoms with van der Waals surface area (Å²) in [7, 11) is 1.93. The van der Waals surface area contributed by atoms with Crippen molar-refractivity contribution in [3.8, 4) is 0 Å². The van der Waals surface area contributed by atoms with Crippen molar-refractivity contribution in [1.29, 1.82) is 0 Å². The monoisotopic (exact) mass is 288 g/mol. The van der Waals surface area contributed by atoms with Crippen LogP contribution in [0.3, 0.4) is 0 Å². The van der Waals surface area contributed by atoms with E-state index in [1.165, 1.54) is 0 Å². The molecule has 3 nitrogen and oxygen atoms in total. The van der Waals surface area contributed by atoms with Crippen molar-refractivity contribution < 1.29 is 5.11 Å². The molecular weight excluding hydrogens is 268 g/mol. The molecule has 4 heteroatoms. The van der Waals surface area contributed by atoms with E-state index in [1.54, 1.807) is 0 Å².